The molecule has 1 aromatic carbocycles. The van der Waals surface area contributed by atoms with Gasteiger partial charge in [-0.15, -0.1) is 0 Å². The average Bonchev–Trinajstić information content (AvgIpc) is 3.46. The number of hydrogen-bond acceptors (Lipinski definition) is 7. The topological polar surface area (TPSA) is 123 Å². The van der Waals surface area contributed by atoms with E-state index in [1.807, 2.05) is 41.3 Å². The number of aromatic nitrogens is 4. The fourth-order valence-corrected chi connectivity index (χ4v) is 4.04. The van der Waals surface area contributed by atoms with Gasteiger partial charge in [-0.25, -0.2) is 4.98 Å². The molecule has 158 valence electrons. The molecular weight excluding hydrogens is 396 g/mol. The normalized spacial score (nSPS) is 16.5. The number of likely N-dealkylation sites (tertiary alicyclic amines) is 1. The van der Waals surface area contributed by atoms with Crippen LogP contribution >= 0.6 is 0 Å². The Hall–Kier alpha value is -3.88. The van der Waals surface area contributed by atoms with Crippen molar-refractivity contribution in [2.45, 2.75) is 25.3 Å². The van der Waals surface area contributed by atoms with Gasteiger partial charge >= 0.3 is 0 Å². The van der Waals surface area contributed by atoms with Crippen LogP contribution in [0.25, 0.3) is 22.4 Å². The molecular formula is C22H22N6O3. The van der Waals surface area contributed by atoms with Crippen molar-refractivity contribution in [3.8, 4) is 17.1 Å². The van der Waals surface area contributed by atoms with Gasteiger partial charge in [-0.05, 0) is 43.5 Å². The zero-order chi connectivity index (χ0) is 21.4. The number of nitrogens with zero attached hydrogens (tertiary/aromatic N) is 4. The quantitative estimate of drug-likeness (QED) is 0.519. The van der Waals surface area contributed by atoms with E-state index < -0.39 is 0 Å². The minimum absolute atomic E-state index is 0.152. The van der Waals surface area contributed by atoms with E-state index in [9.17, 15) is 4.79 Å². The van der Waals surface area contributed by atoms with Gasteiger partial charge in [0, 0.05) is 18.2 Å². The van der Waals surface area contributed by atoms with Crippen LogP contribution in [0.1, 0.15) is 41.5 Å². The van der Waals surface area contributed by atoms with Crippen LogP contribution in [0.15, 0.2) is 47.0 Å². The summed E-state index contributed by atoms with van der Waals surface area (Å²) in [4.78, 5) is 19.8. The highest BCUT2D eigenvalue weighted by molar-refractivity contribution is 5.93. The summed E-state index contributed by atoms with van der Waals surface area (Å²) in [5, 5.41) is 11.7. The minimum Gasteiger partial charge on any atom is -0.497 e. The molecule has 0 radical (unpaired) electrons. The number of benzene rings is 1. The first-order chi connectivity index (χ1) is 15.1. The van der Waals surface area contributed by atoms with E-state index in [0.29, 0.717) is 29.5 Å². The second-order valence-electron chi connectivity index (χ2n) is 7.56. The van der Waals surface area contributed by atoms with Crippen LogP contribution in [0.2, 0.25) is 0 Å². The van der Waals surface area contributed by atoms with Crippen LogP contribution in [0.5, 0.6) is 5.75 Å². The number of rotatable bonds is 4. The maximum Gasteiger partial charge on any atom is 0.276 e. The molecule has 0 saturated carbocycles. The molecule has 1 aliphatic heterocycles. The molecule has 0 spiro atoms. The number of amides is 1. The predicted molar refractivity (Wildman–Crippen MR) is 114 cm³/mol. The van der Waals surface area contributed by atoms with Crippen molar-refractivity contribution in [3.05, 3.63) is 53.9 Å². The Labute approximate surface area is 178 Å². The van der Waals surface area contributed by atoms with E-state index in [0.717, 1.165) is 35.9 Å². The Kier molecular flexibility index (Phi) is 4.78. The van der Waals surface area contributed by atoms with E-state index in [4.69, 9.17) is 15.0 Å². The van der Waals surface area contributed by atoms with Gasteiger partial charge in [0.05, 0.1) is 24.2 Å². The van der Waals surface area contributed by atoms with Crippen LogP contribution in [-0.2, 0) is 0 Å². The molecule has 1 fully saturated rings. The Morgan fingerprint density at radius 2 is 2.16 bits per heavy atom. The second kappa shape index (κ2) is 7.75. The van der Waals surface area contributed by atoms with E-state index in [1.54, 1.807) is 13.2 Å². The SMILES string of the molecule is COc1cccc(-c2cc(C(=O)N3CCCC[C@@H]3c3ccc4c(N)[nH]nc4n3)no2)c1. The molecule has 9 nitrogen and oxygen atoms in total. The molecule has 1 atom stereocenters. The molecule has 0 unspecified atom stereocenters. The van der Waals surface area contributed by atoms with Crippen molar-refractivity contribution in [1.29, 1.82) is 0 Å². The number of aromatic amines is 1. The smallest absolute Gasteiger partial charge is 0.276 e. The number of H-pyrrole nitrogens is 1. The van der Waals surface area contributed by atoms with Gasteiger partial charge in [0.1, 0.15) is 11.6 Å². The average molecular weight is 418 g/mol. The van der Waals surface area contributed by atoms with E-state index in [1.165, 1.54) is 0 Å². The summed E-state index contributed by atoms with van der Waals surface area (Å²) >= 11 is 0. The maximum atomic E-state index is 13.3. The summed E-state index contributed by atoms with van der Waals surface area (Å²) in [6.45, 7) is 0.632. The fraction of sp³-hybridized carbons (Fsp3) is 0.273. The molecule has 1 aliphatic rings. The first kappa shape index (κ1) is 19.1. The number of piperidine rings is 1. The number of methoxy groups -OCH3 is 1. The van der Waals surface area contributed by atoms with Crippen LogP contribution in [0.3, 0.4) is 0 Å². The number of nitrogens with two attached hydrogens (primary N) is 1. The third-order valence-corrected chi connectivity index (χ3v) is 5.66. The van der Waals surface area contributed by atoms with Crippen LogP contribution in [0, 0.1) is 0 Å². The highest BCUT2D eigenvalue weighted by Crippen LogP contribution is 2.33. The number of nitrogen functional groups attached to an aromatic ring is 1. The molecule has 4 aromatic rings. The molecule has 3 N–H and O–H groups in total. The third kappa shape index (κ3) is 3.48. The first-order valence-corrected chi connectivity index (χ1v) is 10.2. The number of pyridine rings is 1. The zero-order valence-corrected chi connectivity index (χ0v) is 17.0. The monoisotopic (exact) mass is 418 g/mol. The molecule has 4 heterocycles. The molecule has 9 heteroatoms. The molecule has 0 bridgehead atoms. The number of carbonyl (C=O) groups excluding carboxylic acids is 1. The van der Waals surface area contributed by atoms with Gasteiger partial charge in [-0.1, -0.05) is 17.3 Å². The Morgan fingerprint density at radius 3 is 3.03 bits per heavy atom. The lowest BCUT2D eigenvalue weighted by atomic mass is 9.98. The van der Waals surface area contributed by atoms with Crippen molar-refractivity contribution in [3.63, 3.8) is 0 Å². The van der Waals surface area contributed by atoms with Crippen molar-refractivity contribution < 1.29 is 14.1 Å². The minimum atomic E-state index is -0.175. The summed E-state index contributed by atoms with van der Waals surface area (Å²) in [6, 6.07) is 12.8. The summed E-state index contributed by atoms with van der Waals surface area (Å²) in [6.07, 6.45) is 2.77. The molecule has 31 heavy (non-hydrogen) atoms. The zero-order valence-electron chi connectivity index (χ0n) is 17.0. The summed E-state index contributed by atoms with van der Waals surface area (Å²) in [5.41, 5.74) is 8.29. The molecule has 3 aromatic heterocycles. The van der Waals surface area contributed by atoms with Crippen molar-refractivity contribution in [2.75, 3.05) is 19.4 Å². The van der Waals surface area contributed by atoms with E-state index >= 15 is 0 Å². The van der Waals surface area contributed by atoms with E-state index in [2.05, 4.69) is 20.3 Å². The largest absolute Gasteiger partial charge is 0.497 e. The summed E-state index contributed by atoms with van der Waals surface area (Å²) in [5.74, 6) is 1.53. The highest BCUT2D eigenvalue weighted by atomic mass is 16.5. The fourth-order valence-electron chi connectivity index (χ4n) is 4.04. The van der Waals surface area contributed by atoms with Gasteiger partial charge in [0.25, 0.3) is 5.91 Å². The van der Waals surface area contributed by atoms with Gasteiger partial charge in [-0.3, -0.25) is 9.89 Å². The van der Waals surface area contributed by atoms with Gasteiger partial charge < -0.3 is 19.9 Å². The molecule has 0 aliphatic carbocycles. The Bertz CT molecular complexity index is 1250. The molecule has 1 saturated heterocycles. The molecule has 1 amide bonds. The lowest BCUT2D eigenvalue weighted by Gasteiger charge is -2.34. The third-order valence-electron chi connectivity index (χ3n) is 5.66. The van der Waals surface area contributed by atoms with Crippen LogP contribution < -0.4 is 10.5 Å². The first-order valence-electron chi connectivity index (χ1n) is 10.2. The number of nitrogens with one attached hydrogen (secondary N) is 1. The summed E-state index contributed by atoms with van der Waals surface area (Å²) in [7, 11) is 1.60. The van der Waals surface area contributed by atoms with Crippen molar-refractivity contribution >= 4 is 22.8 Å². The lowest BCUT2D eigenvalue weighted by molar-refractivity contribution is 0.0596. The van der Waals surface area contributed by atoms with Crippen molar-refractivity contribution in [2.24, 2.45) is 0 Å². The lowest BCUT2D eigenvalue weighted by Crippen LogP contribution is -2.39. The maximum absolute atomic E-state index is 13.3. The van der Waals surface area contributed by atoms with Gasteiger partial charge in [0.2, 0.25) is 0 Å². The number of ether oxygens (including phenoxy) is 1. The van der Waals surface area contributed by atoms with Crippen molar-refractivity contribution in [1.82, 2.24) is 25.2 Å². The summed E-state index contributed by atoms with van der Waals surface area (Å²) < 4.78 is 10.7. The van der Waals surface area contributed by atoms with Gasteiger partial charge in [-0.2, -0.15) is 5.10 Å². The standard InChI is InChI=1S/C22H22N6O3/c1-30-14-6-4-5-13(11-14)19-12-17(27-31-19)22(29)28-10-3-2-7-18(28)16-9-8-15-20(23)25-26-21(15)24-16/h4-6,8-9,11-12,18H,2-3,7,10H2,1H3,(H3,23,24,25,26)/t18-/m1/s1. The van der Waals surface area contributed by atoms with E-state index in [-0.39, 0.29) is 17.6 Å². The Balaban J connectivity index is 1.43. The second-order valence-corrected chi connectivity index (χ2v) is 7.56. The number of fused-ring (bicyclic) bond motifs is 1. The van der Waals surface area contributed by atoms with Gasteiger partial charge in [0.15, 0.2) is 17.1 Å². The Morgan fingerprint density at radius 1 is 1.26 bits per heavy atom. The predicted octanol–water partition coefficient (Wildman–Crippen LogP) is 3.57. The number of hydrogen-bond donors (Lipinski definition) is 2. The number of anilines is 1. The van der Waals surface area contributed by atoms with Crippen LogP contribution in [0.4, 0.5) is 5.82 Å². The molecule has 5 rings (SSSR count). The van der Waals surface area contributed by atoms with Crippen LogP contribution in [-0.4, -0.2) is 44.8 Å². The highest BCUT2D eigenvalue weighted by Gasteiger charge is 2.31. The number of carbonyl (C=O) groups is 1.